The SMILES string of the molecule is CCC1C(C)C=C(c2ccccc2)P1(=O)Cc1ccccc1. The molecule has 2 aromatic rings. The van der Waals surface area contributed by atoms with Gasteiger partial charge in [-0.3, -0.25) is 0 Å². The van der Waals surface area contributed by atoms with Crippen LogP contribution in [0.3, 0.4) is 0 Å². The molecule has 1 aliphatic rings. The third-order valence-corrected chi connectivity index (χ3v) is 8.68. The summed E-state index contributed by atoms with van der Waals surface area (Å²) in [5, 5.41) is 1.09. The van der Waals surface area contributed by atoms with E-state index in [1.165, 1.54) is 5.56 Å². The second kappa shape index (κ2) is 6.26. The minimum atomic E-state index is -2.43. The normalized spacial score (nSPS) is 27.6. The maximum Gasteiger partial charge on any atom is 0.123 e. The largest absolute Gasteiger partial charge is 0.318 e. The molecule has 3 atom stereocenters. The van der Waals surface area contributed by atoms with Crippen LogP contribution in [-0.2, 0) is 10.7 Å². The van der Waals surface area contributed by atoms with Crippen molar-refractivity contribution >= 4 is 12.5 Å². The zero-order chi connectivity index (χ0) is 15.6. The molecule has 0 aliphatic carbocycles. The number of allylic oxidation sites excluding steroid dienone is 1. The molecule has 1 nitrogen and oxygen atoms in total. The first-order valence-electron chi connectivity index (χ1n) is 8.05. The van der Waals surface area contributed by atoms with Crippen LogP contribution < -0.4 is 0 Å². The highest BCUT2D eigenvalue weighted by Gasteiger charge is 2.43. The topological polar surface area (TPSA) is 17.1 Å². The molecule has 2 aromatic carbocycles. The number of benzene rings is 2. The number of hydrogen-bond donors (Lipinski definition) is 0. The highest BCUT2D eigenvalue weighted by atomic mass is 31.2. The Bertz CT molecular complexity index is 703. The lowest BCUT2D eigenvalue weighted by molar-refractivity contribution is 0.551. The van der Waals surface area contributed by atoms with Crippen LogP contribution in [0, 0.1) is 5.92 Å². The standard InChI is InChI=1S/C20H23OP/c1-3-19-16(2)14-20(18-12-8-5-9-13-18)22(19,21)15-17-10-6-4-7-11-17/h4-14,16,19H,3,15H2,1-2H3. The second-order valence-electron chi connectivity index (χ2n) is 6.19. The van der Waals surface area contributed by atoms with Crippen molar-refractivity contribution in [2.45, 2.75) is 32.1 Å². The summed E-state index contributed by atoms with van der Waals surface area (Å²) in [5.74, 6) is 0.384. The summed E-state index contributed by atoms with van der Waals surface area (Å²) >= 11 is 0. The van der Waals surface area contributed by atoms with E-state index in [1.54, 1.807) is 0 Å². The van der Waals surface area contributed by atoms with E-state index in [0.717, 1.165) is 17.3 Å². The molecule has 0 spiro atoms. The predicted octanol–water partition coefficient (Wildman–Crippen LogP) is 6.02. The summed E-state index contributed by atoms with van der Waals surface area (Å²) in [7, 11) is -2.43. The van der Waals surface area contributed by atoms with Gasteiger partial charge in [0.05, 0.1) is 0 Å². The summed E-state index contributed by atoms with van der Waals surface area (Å²) in [5.41, 5.74) is 2.58. The Hall–Kier alpha value is -1.59. The van der Waals surface area contributed by atoms with Crippen LogP contribution >= 0.6 is 7.14 Å². The van der Waals surface area contributed by atoms with Gasteiger partial charge in [-0.1, -0.05) is 80.6 Å². The van der Waals surface area contributed by atoms with Crippen molar-refractivity contribution < 1.29 is 4.57 Å². The maximum absolute atomic E-state index is 14.0. The summed E-state index contributed by atoms with van der Waals surface area (Å²) in [6.45, 7) is 4.38. The molecule has 0 N–H and O–H groups in total. The highest BCUT2D eigenvalue weighted by molar-refractivity contribution is 7.74. The van der Waals surface area contributed by atoms with E-state index in [-0.39, 0.29) is 5.66 Å². The van der Waals surface area contributed by atoms with E-state index in [4.69, 9.17) is 0 Å². The van der Waals surface area contributed by atoms with Gasteiger partial charge in [0.25, 0.3) is 0 Å². The van der Waals surface area contributed by atoms with Gasteiger partial charge in [0, 0.05) is 17.1 Å². The van der Waals surface area contributed by atoms with Crippen LogP contribution in [0.15, 0.2) is 66.7 Å². The smallest absolute Gasteiger partial charge is 0.123 e. The van der Waals surface area contributed by atoms with Crippen LogP contribution in [0.2, 0.25) is 0 Å². The molecule has 22 heavy (non-hydrogen) atoms. The first kappa shape index (κ1) is 15.3. The van der Waals surface area contributed by atoms with Gasteiger partial charge in [0.2, 0.25) is 0 Å². The summed E-state index contributed by atoms with van der Waals surface area (Å²) in [4.78, 5) is 0. The Morgan fingerprint density at radius 3 is 2.14 bits per heavy atom. The lowest BCUT2D eigenvalue weighted by Crippen LogP contribution is -2.12. The molecule has 0 saturated carbocycles. The van der Waals surface area contributed by atoms with E-state index < -0.39 is 7.14 Å². The van der Waals surface area contributed by atoms with Crippen LogP contribution in [0.25, 0.3) is 5.31 Å². The van der Waals surface area contributed by atoms with E-state index in [2.05, 4.69) is 44.2 Å². The van der Waals surface area contributed by atoms with E-state index in [0.29, 0.717) is 12.1 Å². The molecule has 1 heterocycles. The molecule has 0 saturated heterocycles. The van der Waals surface area contributed by atoms with Gasteiger partial charge in [-0.2, -0.15) is 0 Å². The van der Waals surface area contributed by atoms with Gasteiger partial charge in [-0.25, -0.2) is 0 Å². The van der Waals surface area contributed by atoms with Crippen LogP contribution in [0.4, 0.5) is 0 Å². The summed E-state index contributed by atoms with van der Waals surface area (Å²) < 4.78 is 14.0. The zero-order valence-electron chi connectivity index (χ0n) is 13.3. The van der Waals surface area contributed by atoms with Crippen LogP contribution in [-0.4, -0.2) is 5.66 Å². The molecule has 3 unspecified atom stereocenters. The van der Waals surface area contributed by atoms with Gasteiger partial charge in [0.15, 0.2) is 0 Å². The molecule has 0 fully saturated rings. The van der Waals surface area contributed by atoms with Gasteiger partial charge in [0.1, 0.15) is 7.14 Å². The minimum Gasteiger partial charge on any atom is -0.318 e. The molecule has 114 valence electrons. The van der Waals surface area contributed by atoms with Crippen molar-refractivity contribution in [2.24, 2.45) is 5.92 Å². The molecule has 0 aromatic heterocycles. The first-order chi connectivity index (χ1) is 10.6. The Balaban J connectivity index is 2.04. The monoisotopic (exact) mass is 310 g/mol. The zero-order valence-corrected chi connectivity index (χ0v) is 14.2. The molecule has 0 amide bonds. The molecule has 2 heteroatoms. The maximum atomic E-state index is 14.0. The Morgan fingerprint density at radius 2 is 1.55 bits per heavy atom. The molecule has 0 bridgehead atoms. The van der Waals surface area contributed by atoms with Crippen molar-refractivity contribution in [1.29, 1.82) is 0 Å². The third-order valence-electron chi connectivity index (χ3n) is 4.72. The van der Waals surface area contributed by atoms with Gasteiger partial charge in [-0.15, -0.1) is 0 Å². The Labute approximate surface area is 133 Å². The fourth-order valence-corrected chi connectivity index (χ4v) is 7.72. The van der Waals surface area contributed by atoms with E-state index in [1.807, 2.05) is 36.4 Å². The van der Waals surface area contributed by atoms with Crippen molar-refractivity contribution in [2.75, 3.05) is 0 Å². The van der Waals surface area contributed by atoms with Gasteiger partial charge in [-0.05, 0) is 23.5 Å². The number of rotatable bonds is 4. The molecule has 1 aliphatic heterocycles. The van der Waals surface area contributed by atoms with Crippen molar-refractivity contribution in [3.8, 4) is 0 Å². The first-order valence-corrected chi connectivity index (χ1v) is 10.0. The van der Waals surface area contributed by atoms with E-state index in [9.17, 15) is 4.57 Å². The fourth-order valence-electron chi connectivity index (χ4n) is 3.69. The predicted molar refractivity (Wildman–Crippen MR) is 95.4 cm³/mol. The number of hydrogen-bond acceptors (Lipinski definition) is 1. The van der Waals surface area contributed by atoms with Crippen molar-refractivity contribution in [3.63, 3.8) is 0 Å². The highest BCUT2D eigenvalue weighted by Crippen LogP contribution is 2.71. The van der Waals surface area contributed by atoms with Crippen molar-refractivity contribution in [1.82, 2.24) is 0 Å². The second-order valence-corrected chi connectivity index (χ2v) is 9.24. The van der Waals surface area contributed by atoms with Crippen molar-refractivity contribution in [3.05, 3.63) is 77.9 Å². The third kappa shape index (κ3) is 2.71. The molecular formula is C20H23OP. The quantitative estimate of drug-likeness (QED) is 0.631. The van der Waals surface area contributed by atoms with Gasteiger partial charge < -0.3 is 4.57 Å². The Kier molecular flexibility index (Phi) is 4.36. The molecule has 3 rings (SSSR count). The average molecular weight is 310 g/mol. The Morgan fingerprint density at radius 1 is 0.955 bits per heavy atom. The minimum absolute atomic E-state index is 0.267. The average Bonchev–Trinajstić information content (AvgIpc) is 2.79. The van der Waals surface area contributed by atoms with E-state index >= 15 is 0 Å². The van der Waals surface area contributed by atoms with Gasteiger partial charge >= 0.3 is 0 Å². The molecule has 0 radical (unpaired) electrons. The summed E-state index contributed by atoms with van der Waals surface area (Å²) in [6.07, 6.45) is 3.91. The lowest BCUT2D eigenvalue weighted by Gasteiger charge is -2.25. The summed E-state index contributed by atoms with van der Waals surface area (Å²) in [6, 6.07) is 20.5. The van der Waals surface area contributed by atoms with Crippen LogP contribution in [0.5, 0.6) is 0 Å². The molecular weight excluding hydrogens is 287 g/mol. The lowest BCUT2D eigenvalue weighted by atomic mass is 10.0. The fraction of sp³-hybridized carbons (Fsp3) is 0.300. The van der Waals surface area contributed by atoms with Crippen LogP contribution in [0.1, 0.15) is 31.4 Å².